The molecule has 1 saturated heterocycles. The van der Waals surface area contributed by atoms with Crippen molar-refractivity contribution in [1.82, 2.24) is 5.32 Å². The lowest BCUT2D eigenvalue weighted by molar-refractivity contribution is 0.00578. The SMILES string of the molecule is CCc1ccc(C=C(CNC)B2OC(C)(C)C(C)(C)O2)cc1. The zero-order chi connectivity index (χ0) is 16.4. The van der Waals surface area contributed by atoms with Crippen molar-refractivity contribution in [3.05, 3.63) is 40.9 Å². The molecule has 1 N–H and O–H groups in total. The Kier molecular flexibility index (Phi) is 5.16. The zero-order valence-electron chi connectivity index (χ0n) is 14.7. The second-order valence-electron chi connectivity index (χ2n) is 6.93. The molecule has 0 spiro atoms. The van der Waals surface area contributed by atoms with Gasteiger partial charge in [0, 0.05) is 6.54 Å². The van der Waals surface area contributed by atoms with Crippen LogP contribution in [-0.4, -0.2) is 31.9 Å². The van der Waals surface area contributed by atoms with Gasteiger partial charge in [0.1, 0.15) is 0 Å². The molecule has 120 valence electrons. The van der Waals surface area contributed by atoms with Crippen LogP contribution in [0, 0.1) is 0 Å². The zero-order valence-corrected chi connectivity index (χ0v) is 14.7. The predicted octanol–water partition coefficient (Wildman–Crippen LogP) is 3.48. The monoisotopic (exact) mass is 301 g/mol. The molecule has 1 aliphatic rings. The number of aryl methyl sites for hydroxylation is 1. The van der Waals surface area contributed by atoms with Crippen molar-refractivity contribution in [2.75, 3.05) is 13.6 Å². The van der Waals surface area contributed by atoms with E-state index in [4.69, 9.17) is 9.31 Å². The van der Waals surface area contributed by atoms with Crippen LogP contribution in [0.25, 0.3) is 6.08 Å². The molecule has 0 bridgehead atoms. The maximum atomic E-state index is 6.17. The number of hydrogen-bond donors (Lipinski definition) is 1. The van der Waals surface area contributed by atoms with Gasteiger partial charge in [0.2, 0.25) is 0 Å². The van der Waals surface area contributed by atoms with E-state index >= 15 is 0 Å². The van der Waals surface area contributed by atoms with Gasteiger partial charge in [0.15, 0.2) is 0 Å². The van der Waals surface area contributed by atoms with Gasteiger partial charge in [-0.3, -0.25) is 0 Å². The van der Waals surface area contributed by atoms with Gasteiger partial charge in [-0.15, -0.1) is 0 Å². The number of nitrogens with one attached hydrogen (secondary N) is 1. The maximum Gasteiger partial charge on any atom is 0.491 e. The molecule has 2 rings (SSSR count). The van der Waals surface area contributed by atoms with Crippen molar-refractivity contribution in [3.8, 4) is 0 Å². The van der Waals surface area contributed by atoms with Gasteiger partial charge in [-0.25, -0.2) is 0 Å². The van der Waals surface area contributed by atoms with Crippen molar-refractivity contribution in [2.24, 2.45) is 0 Å². The first-order valence-corrected chi connectivity index (χ1v) is 8.08. The van der Waals surface area contributed by atoms with Gasteiger partial charge in [-0.2, -0.15) is 0 Å². The number of hydrogen-bond acceptors (Lipinski definition) is 3. The number of likely N-dealkylation sites (N-methyl/N-ethyl adjacent to an activating group) is 1. The predicted molar refractivity (Wildman–Crippen MR) is 93.8 cm³/mol. The normalized spacial score (nSPS) is 20.5. The first-order valence-electron chi connectivity index (χ1n) is 8.08. The Morgan fingerprint density at radius 2 is 1.64 bits per heavy atom. The van der Waals surface area contributed by atoms with E-state index in [1.165, 1.54) is 11.1 Å². The average molecular weight is 301 g/mol. The lowest BCUT2D eigenvalue weighted by Crippen LogP contribution is -2.41. The van der Waals surface area contributed by atoms with Crippen LogP contribution in [0.3, 0.4) is 0 Å². The summed E-state index contributed by atoms with van der Waals surface area (Å²) >= 11 is 0. The molecular weight excluding hydrogens is 273 g/mol. The molecule has 4 heteroatoms. The van der Waals surface area contributed by atoms with Crippen molar-refractivity contribution in [2.45, 2.75) is 52.2 Å². The summed E-state index contributed by atoms with van der Waals surface area (Å²) in [5.41, 5.74) is 3.03. The largest absolute Gasteiger partial charge is 0.491 e. The Bertz CT molecular complexity index is 519. The van der Waals surface area contributed by atoms with Crippen molar-refractivity contribution >= 4 is 13.2 Å². The van der Waals surface area contributed by atoms with Crippen LogP contribution in [0.15, 0.2) is 29.7 Å². The van der Waals surface area contributed by atoms with E-state index in [0.717, 1.165) is 18.4 Å². The summed E-state index contributed by atoms with van der Waals surface area (Å²) in [7, 11) is 1.64. The van der Waals surface area contributed by atoms with E-state index in [1.807, 2.05) is 7.05 Å². The molecule has 0 saturated carbocycles. The minimum absolute atomic E-state index is 0.302. The molecule has 0 aliphatic carbocycles. The van der Waals surface area contributed by atoms with Crippen LogP contribution >= 0.6 is 0 Å². The lowest BCUT2D eigenvalue weighted by Gasteiger charge is -2.32. The summed E-state index contributed by atoms with van der Waals surface area (Å²) in [5.74, 6) is 0. The molecule has 0 atom stereocenters. The van der Waals surface area contributed by atoms with Gasteiger partial charge in [-0.05, 0) is 57.8 Å². The van der Waals surface area contributed by atoms with E-state index in [0.29, 0.717) is 0 Å². The van der Waals surface area contributed by atoms with Crippen LogP contribution in [0.1, 0.15) is 45.7 Å². The Balaban J connectivity index is 2.24. The molecule has 0 radical (unpaired) electrons. The Labute approximate surface area is 135 Å². The minimum atomic E-state index is -0.309. The number of benzene rings is 1. The van der Waals surface area contributed by atoms with Gasteiger partial charge in [0.05, 0.1) is 11.2 Å². The van der Waals surface area contributed by atoms with E-state index < -0.39 is 0 Å². The summed E-state index contributed by atoms with van der Waals surface area (Å²) in [6.45, 7) is 11.2. The fraction of sp³-hybridized carbons (Fsp3) is 0.556. The molecule has 0 aromatic heterocycles. The quantitative estimate of drug-likeness (QED) is 0.845. The Hall–Kier alpha value is -1.10. The highest BCUT2D eigenvalue weighted by Gasteiger charge is 2.52. The van der Waals surface area contributed by atoms with E-state index in [1.54, 1.807) is 0 Å². The van der Waals surface area contributed by atoms with Crippen molar-refractivity contribution in [3.63, 3.8) is 0 Å². The highest BCUT2D eigenvalue weighted by molar-refractivity contribution is 6.55. The molecular formula is C18H28BNO2. The molecule has 22 heavy (non-hydrogen) atoms. The van der Waals surface area contributed by atoms with Gasteiger partial charge < -0.3 is 14.6 Å². The summed E-state index contributed by atoms with van der Waals surface area (Å²) in [6, 6.07) is 8.65. The first-order chi connectivity index (χ1) is 10.3. The molecule has 0 unspecified atom stereocenters. The molecule has 1 aliphatic heterocycles. The third-order valence-corrected chi connectivity index (χ3v) is 4.68. The summed E-state index contributed by atoms with van der Waals surface area (Å²) in [6.07, 6.45) is 3.22. The summed E-state index contributed by atoms with van der Waals surface area (Å²) in [5, 5.41) is 3.21. The Morgan fingerprint density at radius 1 is 1.09 bits per heavy atom. The second-order valence-corrected chi connectivity index (χ2v) is 6.93. The molecule has 3 nitrogen and oxygen atoms in total. The van der Waals surface area contributed by atoms with Gasteiger partial charge in [0.25, 0.3) is 0 Å². The molecule has 1 heterocycles. The van der Waals surface area contributed by atoms with E-state index in [-0.39, 0.29) is 18.3 Å². The van der Waals surface area contributed by atoms with Crippen molar-refractivity contribution in [1.29, 1.82) is 0 Å². The summed E-state index contributed by atoms with van der Waals surface area (Å²) < 4.78 is 12.3. The molecule has 1 fully saturated rings. The van der Waals surface area contributed by atoms with Gasteiger partial charge >= 0.3 is 7.12 Å². The lowest BCUT2D eigenvalue weighted by atomic mass is 9.77. The second kappa shape index (κ2) is 6.57. The molecule has 1 aromatic carbocycles. The van der Waals surface area contributed by atoms with Crippen LogP contribution in [0.4, 0.5) is 0 Å². The fourth-order valence-corrected chi connectivity index (χ4v) is 2.46. The van der Waals surface area contributed by atoms with E-state index in [9.17, 15) is 0 Å². The Morgan fingerprint density at radius 3 is 2.09 bits per heavy atom. The molecule has 1 aromatic rings. The topological polar surface area (TPSA) is 30.5 Å². The van der Waals surface area contributed by atoms with Gasteiger partial charge in [-0.1, -0.05) is 37.3 Å². The number of rotatable bonds is 5. The van der Waals surface area contributed by atoms with Crippen LogP contribution in [-0.2, 0) is 15.7 Å². The van der Waals surface area contributed by atoms with E-state index in [2.05, 4.69) is 70.3 Å². The molecule has 0 amide bonds. The van der Waals surface area contributed by atoms with Crippen molar-refractivity contribution < 1.29 is 9.31 Å². The average Bonchev–Trinajstić information content (AvgIpc) is 2.68. The summed E-state index contributed by atoms with van der Waals surface area (Å²) in [4.78, 5) is 0. The van der Waals surface area contributed by atoms with Crippen LogP contribution in [0.5, 0.6) is 0 Å². The highest BCUT2D eigenvalue weighted by atomic mass is 16.7. The first kappa shape index (κ1) is 17.3. The van der Waals surface area contributed by atoms with Crippen LogP contribution < -0.4 is 5.32 Å². The highest BCUT2D eigenvalue weighted by Crippen LogP contribution is 2.38. The maximum absolute atomic E-state index is 6.17. The standard InChI is InChI=1S/C18H28BNO2/c1-7-14-8-10-15(11-9-14)12-16(13-20-6)19-21-17(2,3)18(4,5)22-19/h8-12,20H,7,13H2,1-6H3. The fourth-order valence-electron chi connectivity index (χ4n) is 2.46. The third kappa shape index (κ3) is 3.62. The minimum Gasteiger partial charge on any atom is -0.400 e. The van der Waals surface area contributed by atoms with Crippen LogP contribution in [0.2, 0.25) is 0 Å². The smallest absolute Gasteiger partial charge is 0.400 e. The third-order valence-electron chi connectivity index (χ3n) is 4.68.